The number of rotatable bonds is 9. The Labute approximate surface area is 206 Å². The molecule has 2 aromatic carbocycles. The molecule has 6 nitrogen and oxygen atoms in total. The molecular formula is C26H34ClFN2O4. The molecule has 8 heteroatoms. The van der Waals surface area contributed by atoms with E-state index in [9.17, 15) is 0 Å². The molecule has 1 aliphatic rings. The summed E-state index contributed by atoms with van der Waals surface area (Å²) >= 11 is 0. The zero-order chi connectivity index (χ0) is 23.4. The standard InChI is InChI=1S/C26H33FN2O4.ClH/c1-5-10-20-24-23(33-28-20)16-19(27)26(25(24)29-13-8-7-9-14-29)32-21-12-11-18(15-22(21)30-4)17(3)31-6-2;/h11-12,15-17H,5-10,13-14H2,1-4H3;1H. The second kappa shape index (κ2) is 11.8. The highest BCUT2D eigenvalue weighted by Crippen LogP contribution is 2.45. The van der Waals surface area contributed by atoms with Gasteiger partial charge in [-0.15, -0.1) is 12.4 Å². The first-order chi connectivity index (χ1) is 16.1. The van der Waals surface area contributed by atoms with Crippen molar-refractivity contribution >= 4 is 29.1 Å². The predicted molar refractivity (Wildman–Crippen MR) is 134 cm³/mol. The van der Waals surface area contributed by atoms with Crippen LogP contribution in [0.15, 0.2) is 28.8 Å². The molecule has 1 unspecified atom stereocenters. The summed E-state index contributed by atoms with van der Waals surface area (Å²) in [5, 5.41) is 5.09. The quantitative estimate of drug-likeness (QED) is 0.314. The van der Waals surface area contributed by atoms with Gasteiger partial charge in [0.1, 0.15) is 0 Å². The number of hydrogen-bond acceptors (Lipinski definition) is 6. The van der Waals surface area contributed by atoms with Gasteiger partial charge in [-0.2, -0.15) is 0 Å². The van der Waals surface area contributed by atoms with Crippen molar-refractivity contribution in [1.29, 1.82) is 0 Å². The fourth-order valence-corrected chi connectivity index (χ4v) is 4.50. The third-order valence-corrected chi connectivity index (χ3v) is 6.16. The van der Waals surface area contributed by atoms with Gasteiger partial charge >= 0.3 is 0 Å². The minimum absolute atomic E-state index is 0. The molecule has 0 aliphatic carbocycles. The Morgan fingerprint density at radius 3 is 2.56 bits per heavy atom. The summed E-state index contributed by atoms with van der Waals surface area (Å²) in [7, 11) is 1.59. The van der Waals surface area contributed by atoms with E-state index in [4.69, 9.17) is 18.7 Å². The molecule has 0 bridgehead atoms. The first-order valence-corrected chi connectivity index (χ1v) is 11.9. The van der Waals surface area contributed by atoms with Crippen LogP contribution in [-0.4, -0.2) is 32.0 Å². The smallest absolute Gasteiger partial charge is 0.187 e. The van der Waals surface area contributed by atoms with Gasteiger partial charge in [-0.3, -0.25) is 0 Å². The van der Waals surface area contributed by atoms with E-state index in [1.807, 2.05) is 32.0 Å². The van der Waals surface area contributed by atoms with Gasteiger partial charge in [0.2, 0.25) is 0 Å². The fourth-order valence-electron chi connectivity index (χ4n) is 4.50. The number of nitrogens with zero attached hydrogens (tertiary/aromatic N) is 2. The van der Waals surface area contributed by atoms with Crippen LogP contribution in [-0.2, 0) is 11.2 Å². The Morgan fingerprint density at radius 1 is 1.12 bits per heavy atom. The molecule has 0 radical (unpaired) electrons. The highest BCUT2D eigenvalue weighted by Gasteiger charge is 2.27. The SMILES string of the molecule is CCCc1noc2cc(F)c(Oc3ccc(C(C)OCC)cc3OC)c(N3CCCCC3)c12.Cl. The van der Waals surface area contributed by atoms with Crippen molar-refractivity contribution in [3.63, 3.8) is 0 Å². The lowest BCUT2D eigenvalue weighted by molar-refractivity contribution is 0.0762. The first kappa shape index (κ1) is 26.1. The van der Waals surface area contributed by atoms with Gasteiger partial charge in [-0.05, 0) is 57.2 Å². The summed E-state index contributed by atoms with van der Waals surface area (Å²) in [6, 6.07) is 7.00. The van der Waals surface area contributed by atoms with E-state index in [1.165, 1.54) is 12.5 Å². The molecule has 186 valence electrons. The summed E-state index contributed by atoms with van der Waals surface area (Å²) in [5.41, 5.74) is 2.99. The van der Waals surface area contributed by atoms with Crippen molar-refractivity contribution in [2.24, 2.45) is 0 Å². The topological polar surface area (TPSA) is 57.0 Å². The summed E-state index contributed by atoms with van der Waals surface area (Å²) < 4.78 is 38.5. The molecule has 1 aliphatic heterocycles. The molecule has 0 amide bonds. The van der Waals surface area contributed by atoms with Crippen molar-refractivity contribution < 1.29 is 23.1 Å². The predicted octanol–water partition coefficient (Wildman–Crippen LogP) is 7.23. The third-order valence-electron chi connectivity index (χ3n) is 6.16. The van der Waals surface area contributed by atoms with Gasteiger partial charge in [0.15, 0.2) is 28.6 Å². The maximum absolute atomic E-state index is 15.5. The fraction of sp³-hybridized carbons (Fsp3) is 0.500. The number of piperidine rings is 1. The second-order valence-electron chi connectivity index (χ2n) is 8.45. The minimum Gasteiger partial charge on any atom is -0.493 e. The maximum Gasteiger partial charge on any atom is 0.187 e. The minimum atomic E-state index is -0.476. The van der Waals surface area contributed by atoms with Crippen LogP contribution in [0.2, 0.25) is 0 Å². The second-order valence-corrected chi connectivity index (χ2v) is 8.45. The van der Waals surface area contributed by atoms with E-state index in [-0.39, 0.29) is 24.3 Å². The molecule has 1 atom stereocenters. The summed E-state index contributed by atoms with van der Waals surface area (Å²) in [6.45, 7) is 8.34. The number of fused-ring (bicyclic) bond motifs is 1. The van der Waals surface area contributed by atoms with Gasteiger partial charge in [0.25, 0.3) is 0 Å². The van der Waals surface area contributed by atoms with E-state index < -0.39 is 5.82 Å². The first-order valence-electron chi connectivity index (χ1n) is 11.9. The van der Waals surface area contributed by atoms with Crippen LogP contribution < -0.4 is 14.4 Å². The molecule has 34 heavy (non-hydrogen) atoms. The van der Waals surface area contributed by atoms with Gasteiger partial charge in [0.05, 0.1) is 30.0 Å². The number of aromatic nitrogens is 1. The normalized spacial score (nSPS) is 14.7. The van der Waals surface area contributed by atoms with Crippen LogP contribution in [0.5, 0.6) is 17.2 Å². The van der Waals surface area contributed by atoms with Gasteiger partial charge < -0.3 is 23.6 Å². The summed E-state index contributed by atoms with van der Waals surface area (Å²) in [6.07, 6.45) is 4.87. The monoisotopic (exact) mass is 492 g/mol. The van der Waals surface area contributed by atoms with Crippen LogP contribution >= 0.6 is 12.4 Å². The molecular weight excluding hydrogens is 459 g/mol. The average Bonchev–Trinajstić information content (AvgIpc) is 3.22. The van der Waals surface area contributed by atoms with E-state index in [0.29, 0.717) is 23.7 Å². The van der Waals surface area contributed by atoms with Gasteiger partial charge in [0, 0.05) is 25.8 Å². The van der Waals surface area contributed by atoms with E-state index >= 15 is 4.39 Å². The van der Waals surface area contributed by atoms with Crippen LogP contribution in [0.1, 0.15) is 63.8 Å². The maximum atomic E-state index is 15.5. The molecule has 1 fully saturated rings. The van der Waals surface area contributed by atoms with Crippen LogP contribution in [0.3, 0.4) is 0 Å². The Kier molecular flexibility index (Phi) is 9.03. The van der Waals surface area contributed by atoms with Crippen molar-refractivity contribution in [3.05, 3.63) is 41.3 Å². The third kappa shape index (κ3) is 5.26. The summed E-state index contributed by atoms with van der Waals surface area (Å²) in [5.74, 6) is 0.696. The number of benzene rings is 2. The number of ether oxygens (including phenoxy) is 3. The molecule has 1 aromatic heterocycles. The molecule has 4 rings (SSSR count). The van der Waals surface area contributed by atoms with Gasteiger partial charge in [-0.25, -0.2) is 4.39 Å². The molecule has 3 aromatic rings. The van der Waals surface area contributed by atoms with Gasteiger partial charge in [-0.1, -0.05) is 24.6 Å². The lowest BCUT2D eigenvalue weighted by atomic mass is 10.0. The Bertz CT molecular complexity index is 1100. The molecule has 1 saturated heterocycles. The highest BCUT2D eigenvalue weighted by molar-refractivity contribution is 5.97. The van der Waals surface area contributed by atoms with Crippen LogP contribution in [0.4, 0.5) is 10.1 Å². The number of anilines is 1. The number of halogens is 2. The number of hydrogen-bond donors (Lipinski definition) is 0. The molecule has 0 saturated carbocycles. The molecule has 0 spiro atoms. The highest BCUT2D eigenvalue weighted by atomic mass is 35.5. The largest absolute Gasteiger partial charge is 0.493 e. The lowest BCUT2D eigenvalue weighted by Gasteiger charge is -2.31. The molecule has 0 N–H and O–H groups in total. The van der Waals surface area contributed by atoms with E-state index in [0.717, 1.165) is 61.1 Å². The van der Waals surface area contributed by atoms with E-state index in [2.05, 4.69) is 17.0 Å². The van der Waals surface area contributed by atoms with Crippen LogP contribution in [0, 0.1) is 5.82 Å². The average molecular weight is 493 g/mol. The van der Waals surface area contributed by atoms with E-state index in [1.54, 1.807) is 7.11 Å². The Hall–Kier alpha value is -2.51. The van der Waals surface area contributed by atoms with Crippen molar-refractivity contribution in [1.82, 2.24) is 5.16 Å². The summed E-state index contributed by atoms with van der Waals surface area (Å²) in [4.78, 5) is 2.21. The zero-order valence-corrected chi connectivity index (χ0v) is 21.2. The Balaban J connectivity index is 0.00000324. The van der Waals surface area contributed by atoms with Crippen molar-refractivity contribution in [2.45, 2.75) is 59.0 Å². The number of methoxy groups -OCH3 is 1. The number of aryl methyl sites for hydroxylation is 1. The Morgan fingerprint density at radius 2 is 1.88 bits per heavy atom. The van der Waals surface area contributed by atoms with Crippen molar-refractivity contribution in [2.75, 3.05) is 31.7 Å². The van der Waals surface area contributed by atoms with Crippen LogP contribution in [0.25, 0.3) is 11.0 Å². The zero-order valence-electron chi connectivity index (χ0n) is 20.4. The lowest BCUT2D eigenvalue weighted by Crippen LogP contribution is -2.30. The van der Waals surface area contributed by atoms with Crippen molar-refractivity contribution in [3.8, 4) is 17.2 Å². The molecule has 2 heterocycles.